The summed E-state index contributed by atoms with van der Waals surface area (Å²) in [5, 5.41) is 6.13. The van der Waals surface area contributed by atoms with Gasteiger partial charge < -0.3 is 0 Å². The van der Waals surface area contributed by atoms with E-state index >= 15 is 0 Å². The van der Waals surface area contributed by atoms with Crippen molar-refractivity contribution in [2.24, 2.45) is 5.10 Å². The summed E-state index contributed by atoms with van der Waals surface area (Å²) in [6.45, 7) is 1.93. The number of ketones is 1. The highest BCUT2D eigenvalue weighted by Crippen LogP contribution is 2.10. The minimum Gasteiger partial charge on any atom is -0.289 e. The van der Waals surface area contributed by atoms with Crippen molar-refractivity contribution in [3.8, 4) is 0 Å². The lowest BCUT2D eigenvalue weighted by molar-refractivity contribution is 0.104. The first kappa shape index (κ1) is 16.4. The molecule has 0 aliphatic carbocycles. The van der Waals surface area contributed by atoms with Crippen LogP contribution in [-0.2, 0) is 0 Å². The van der Waals surface area contributed by atoms with Crippen LogP contribution in [0.25, 0.3) is 0 Å². The van der Waals surface area contributed by atoms with E-state index in [9.17, 15) is 4.79 Å². The quantitative estimate of drug-likeness (QED) is 0.259. The molecule has 0 unspecified atom stereocenters. The van der Waals surface area contributed by atoms with Gasteiger partial charge in [-0.1, -0.05) is 54.6 Å². The van der Waals surface area contributed by atoms with Crippen molar-refractivity contribution in [2.75, 3.05) is 12.1 Å². The average molecular weight is 304 g/mol. The van der Waals surface area contributed by atoms with Crippen LogP contribution in [0.3, 0.4) is 0 Å². The molecule has 2 aromatic rings. The summed E-state index contributed by atoms with van der Waals surface area (Å²) in [6.07, 6.45) is 6.97. The monoisotopic (exact) mass is 304 g/mol. The van der Waals surface area contributed by atoms with Crippen molar-refractivity contribution < 1.29 is 4.79 Å². The lowest BCUT2D eigenvalue weighted by Crippen LogP contribution is -2.07. The highest BCUT2D eigenvalue weighted by Gasteiger charge is 1.98. The lowest BCUT2D eigenvalue weighted by Gasteiger charge is -2.11. The second kappa shape index (κ2) is 8.49. The number of allylic oxidation sites excluding steroid dienone is 4. The predicted molar refractivity (Wildman–Crippen MR) is 97.0 cm³/mol. The van der Waals surface area contributed by atoms with E-state index in [4.69, 9.17) is 0 Å². The van der Waals surface area contributed by atoms with Gasteiger partial charge in [-0.2, -0.15) is 5.10 Å². The van der Waals surface area contributed by atoms with Crippen LogP contribution in [0.4, 0.5) is 5.69 Å². The molecule has 2 rings (SSSR count). The SMILES string of the molecule is CC(/C=C\C(=O)c1ccccc1)=C/C=N\N(C)c1ccccc1. The van der Waals surface area contributed by atoms with E-state index < -0.39 is 0 Å². The standard InChI is InChI=1S/C20H20N2O/c1-17(13-14-20(23)18-9-5-3-6-10-18)15-16-21-22(2)19-11-7-4-8-12-19/h3-16H,1-2H3/b14-13-,17-15-,21-16-. The van der Waals surface area contributed by atoms with Gasteiger partial charge in [0.2, 0.25) is 0 Å². The van der Waals surface area contributed by atoms with Gasteiger partial charge in [0, 0.05) is 18.8 Å². The smallest absolute Gasteiger partial charge is 0.185 e. The van der Waals surface area contributed by atoms with Crippen LogP contribution >= 0.6 is 0 Å². The van der Waals surface area contributed by atoms with Crippen LogP contribution in [0.5, 0.6) is 0 Å². The third kappa shape index (κ3) is 5.40. The van der Waals surface area contributed by atoms with Crippen molar-refractivity contribution in [1.82, 2.24) is 0 Å². The number of hydrogen-bond acceptors (Lipinski definition) is 3. The molecule has 0 aromatic heterocycles. The highest BCUT2D eigenvalue weighted by molar-refractivity contribution is 6.04. The first-order valence-corrected chi connectivity index (χ1v) is 7.44. The number of rotatable bonds is 6. The van der Waals surface area contributed by atoms with Gasteiger partial charge in [0.05, 0.1) is 5.69 Å². The van der Waals surface area contributed by atoms with Gasteiger partial charge in [-0.05, 0) is 36.8 Å². The molecule has 0 radical (unpaired) electrons. The zero-order chi connectivity index (χ0) is 16.5. The maximum absolute atomic E-state index is 12.0. The summed E-state index contributed by atoms with van der Waals surface area (Å²) in [4.78, 5) is 12.0. The Kier molecular flexibility index (Phi) is 6.07. The molecule has 0 heterocycles. The topological polar surface area (TPSA) is 32.7 Å². The fraction of sp³-hybridized carbons (Fsp3) is 0.100. The summed E-state index contributed by atoms with van der Waals surface area (Å²) >= 11 is 0. The maximum atomic E-state index is 12.0. The van der Waals surface area contributed by atoms with Crippen molar-refractivity contribution in [3.63, 3.8) is 0 Å². The van der Waals surface area contributed by atoms with Gasteiger partial charge in [0.15, 0.2) is 5.78 Å². The van der Waals surface area contributed by atoms with Gasteiger partial charge in [-0.15, -0.1) is 0 Å². The Balaban J connectivity index is 1.94. The van der Waals surface area contributed by atoms with Crippen molar-refractivity contribution >= 4 is 17.7 Å². The fourth-order valence-electron chi connectivity index (χ4n) is 1.92. The molecule has 2 aromatic carbocycles. The third-order valence-electron chi connectivity index (χ3n) is 3.26. The number of hydrazone groups is 1. The predicted octanol–water partition coefficient (Wildman–Crippen LogP) is 4.49. The molecular weight excluding hydrogens is 284 g/mol. The van der Waals surface area contributed by atoms with E-state index in [1.54, 1.807) is 23.4 Å². The lowest BCUT2D eigenvalue weighted by atomic mass is 10.1. The van der Waals surface area contributed by atoms with Gasteiger partial charge in [-0.3, -0.25) is 9.80 Å². The Bertz CT molecular complexity index is 716. The maximum Gasteiger partial charge on any atom is 0.185 e. The summed E-state index contributed by atoms with van der Waals surface area (Å²) in [7, 11) is 1.89. The Morgan fingerprint density at radius 3 is 2.22 bits per heavy atom. The zero-order valence-electron chi connectivity index (χ0n) is 13.4. The van der Waals surface area contributed by atoms with Gasteiger partial charge in [0.25, 0.3) is 0 Å². The van der Waals surface area contributed by atoms with Crippen LogP contribution in [0.2, 0.25) is 0 Å². The van der Waals surface area contributed by atoms with Gasteiger partial charge in [0.1, 0.15) is 0 Å². The Morgan fingerprint density at radius 1 is 0.957 bits per heavy atom. The van der Waals surface area contributed by atoms with Crippen LogP contribution in [-0.4, -0.2) is 19.0 Å². The first-order chi connectivity index (χ1) is 11.2. The minimum absolute atomic E-state index is 0.00306. The number of hydrogen-bond donors (Lipinski definition) is 0. The molecule has 3 heteroatoms. The largest absolute Gasteiger partial charge is 0.289 e. The molecule has 0 N–H and O–H groups in total. The average Bonchev–Trinajstić information content (AvgIpc) is 2.61. The molecular formula is C20H20N2O. The molecule has 3 nitrogen and oxygen atoms in total. The number of nitrogens with zero attached hydrogens (tertiary/aromatic N) is 2. The van der Waals surface area contributed by atoms with Crippen LogP contribution in [0.15, 0.2) is 89.6 Å². The summed E-state index contributed by atoms with van der Waals surface area (Å²) in [5.41, 5.74) is 2.66. The molecule has 0 aliphatic rings. The van der Waals surface area contributed by atoms with Crippen molar-refractivity contribution in [3.05, 3.63) is 90.0 Å². The molecule has 0 saturated heterocycles. The second-order valence-electron chi connectivity index (χ2n) is 5.10. The normalized spacial score (nSPS) is 12.0. The Morgan fingerprint density at radius 2 is 1.57 bits per heavy atom. The number of carbonyl (C=O) groups excluding carboxylic acids is 1. The van der Waals surface area contributed by atoms with Gasteiger partial charge in [-0.25, -0.2) is 0 Å². The molecule has 116 valence electrons. The second-order valence-corrected chi connectivity index (χ2v) is 5.10. The van der Waals surface area contributed by atoms with Crippen molar-refractivity contribution in [1.29, 1.82) is 0 Å². The third-order valence-corrected chi connectivity index (χ3v) is 3.26. The highest BCUT2D eigenvalue weighted by atomic mass is 16.1. The van der Waals surface area contributed by atoms with E-state index in [1.807, 2.05) is 80.7 Å². The number of anilines is 1. The molecule has 0 spiro atoms. The van der Waals surface area contributed by atoms with E-state index in [0.717, 1.165) is 11.3 Å². The summed E-state index contributed by atoms with van der Waals surface area (Å²) in [6, 6.07) is 19.1. The number of carbonyl (C=O) groups is 1. The molecule has 0 aliphatic heterocycles. The number of benzene rings is 2. The minimum atomic E-state index is -0.00306. The van der Waals surface area contributed by atoms with Crippen LogP contribution in [0.1, 0.15) is 17.3 Å². The van der Waals surface area contributed by atoms with Crippen LogP contribution in [0, 0.1) is 0 Å². The van der Waals surface area contributed by atoms with E-state index in [1.165, 1.54) is 0 Å². The van der Waals surface area contributed by atoms with Crippen LogP contribution < -0.4 is 5.01 Å². The Hall–Kier alpha value is -2.94. The van der Waals surface area contributed by atoms with Gasteiger partial charge >= 0.3 is 0 Å². The van der Waals surface area contributed by atoms with Crippen molar-refractivity contribution in [2.45, 2.75) is 6.92 Å². The van der Waals surface area contributed by atoms with E-state index in [-0.39, 0.29) is 5.78 Å². The number of para-hydroxylation sites is 1. The van der Waals surface area contributed by atoms with E-state index in [0.29, 0.717) is 5.56 Å². The molecule has 23 heavy (non-hydrogen) atoms. The Labute approximate surface area is 137 Å². The zero-order valence-corrected chi connectivity index (χ0v) is 13.4. The fourth-order valence-corrected chi connectivity index (χ4v) is 1.92. The summed E-state index contributed by atoms with van der Waals surface area (Å²) < 4.78 is 0. The molecule has 0 fully saturated rings. The molecule has 0 atom stereocenters. The molecule has 0 bridgehead atoms. The first-order valence-electron chi connectivity index (χ1n) is 7.44. The summed E-state index contributed by atoms with van der Waals surface area (Å²) in [5.74, 6) is -0.00306. The molecule has 0 saturated carbocycles. The van der Waals surface area contributed by atoms with E-state index in [2.05, 4.69) is 5.10 Å². The molecule has 0 amide bonds.